The average molecular weight is 425 g/mol. The van der Waals surface area contributed by atoms with Crippen LogP contribution in [0, 0.1) is 5.82 Å². The van der Waals surface area contributed by atoms with Crippen LogP contribution in [0.25, 0.3) is 28.1 Å². The van der Waals surface area contributed by atoms with Gasteiger partial charge in [0.05, 0.1) is 6.10 Å². The van der Waals surface area contributed by atoms with Crippen molar-refractivity contribution in [3.63, 3.8) is 0 Å². The number of Topliss-reactive ketones (excluding diaryl/α,β-unsaturated/α-hetero) is 1. The Balaban J connectivity index is 2.08. The van der Waals surface area contributed by atoms with Crippen molar-refractivity contribution in [1.29, 1.82) is 0 Å². The van der Waals surface area contributed by atoms with Gasteiger partial charge in [0.15, 0.2) is 5.78 Å². The lowest BCUT2D eigenvalue weighted by Gasteiger charge is -2.14. The van der Waals surface area contributed by atoms with Crippen LogP contribution in [0.15, 0.2) is 54.6 Å². The Morgan fingerprint density at radius 1 is 1.06 bits per heavy atom. The molecule has 0 saturated carbocycles. The number of fused-ring (bicyclic) bond motifs is 1. The number of hydrogen-bond donors (Lipinski definition) is 3. The molecule has 0 saturated heterocycles. The van der Waals surface area contributed by atoms with Crippen molar-refractivity contribution in [3.8, 4) is 11.1 Å². The molecule has 0 amide bonds. The maximum Gasteiger partial charge on any atom is 0.340 e. The van der Waals surface area contributed by atoms with Crippen LogP contribution < -0.4 is 0 Å². The van der Waals surface area contributed by atoms with Gasteiger partial charge >= 0.3 is 5.97 Å². The zero-order valence-corrected chi connectivity index (χ0v) is 17.2. The highest BCUT2D eigenvalue weighted by Gasteiger charge is 2.24. The molecule has 2 aromatic carbocycles. The molecule has 2 atom stereocenters. The zero-order chi connectivity index (χ0) is 22.7. The third-order valence-corrected chi connectivity index (χ3v) is 5.02. The summed E-state index contributed by atoms with van der Waals surface area (Å²) in [5.41, 5.74) is 3.37. The molecule has 1 unspecified atom stereocenters. The van der Waals surface area contributed by atoms with Crippen LogP contribution in [0.1, 0.15) is 32.0 Å². The Morgan fingerprint density at radius 3 is 2.32 bits per heavy atom. The summed E-state index contributed by atoms with van der Waals surface area (Å²) in [5.74, 6) is -2.98. The topological polar surface area (TPSA) is 99.8 Å². The van der Waals surface area contributed by atoms with Crippen LogP contribution >= 0.6 is 0 Å². The predicted octanol–water partition coefficient (Wildman–Crippen LogP) is 3.81. The first-order valence-corrected chi connectivity index (χ1v) is 9.89. The Bertz CT molecular complexity index is 1130. The van der Waals surface area contributed by atoms with Gasteiger partial charge in [0.2, 0.25) is 6.10 Å². The van der Waals surface area contributed by atoms with Crippen molar-refractivity contribution < 1.29 is 29.3 Å². The third-order valence-electron chi connectivity index (χ3n) is 5.02. The number of aliphatic carboxylic acids is 1. The quantitative estimate of drug-likeness (QED) is 0.477. The minimum Gasteiger partial charge on any atom is -0.479 e. The highest BCUT2D eigenvalue weighted by Crippen LogP contribution is 2.38. The van der Waals surface area contributed by atoms with Crippen molar-refractivity contribution in [1.82, 2.24) is 4.57 Å². The summed E-state index contributed by atoms with van der Waals surface area (Å²) < 4.78 is 15.6. The van der Waals surface area contributed by atoms with Gasteiger partial charge in [-0.2, -0.15) is 0 Å². The molecule has 1 aromatic heterocycles. The molecule has 0 fully saturated rings. The fraction of sp³-hybridized carbons (Fsp3) is 0.250. The number of ketones is 1. The van der Waals surface area contributed by atoms with E-state index in [1.807, 2.05) is 38.1 Å². The number of aliphatic hydroxyl groups is 2. The van der Waals surface area contributed by atoms with Crippen molar-refractivity contribution in [2.24, 2.45) is 0 Å². The summed E-state index contributed by atoms with van der Waals surface area (Å²) >= 11 is 0. The molecule has 31 heavy (non-hydrogen) atoms. The Hall–Kier alpha value is -3.29. The standard InChI is InChI=1S/C24H24FNO5/c1-14(2)26-19-6-4-3-5-18(19)22(15-7-9-16(25)10-8-15)20(26)12-11-17(27)13-21(28)23(29)24(30)31/h3-12,14,17,23,27,29H,13H2,1-2H3,(H,30,31)/t17-,23?/m0/s1. The van der Waals surface area contributed by atoms with Crippen LogP contribution in [-0.2, 0) is 9.59 Å². The molecule has 162 valence electrons. The number of carboxylic acid groups (broad SMARTS) is 1. The number of aromatic nitrogens is 1. The summed E-state index contributed by atoms with van der Waals surface area (Å²) in [5, 5.41) is 29.3. The van der Waals surface area contributed by atoms with Crippen LogP contribution in [0.2, 0.25) is 0 Å². The van der Waals surface area contributed by atoms with Crippen molar-refractivity contribution in [2.45, 2.75) is 38.5 Å². The summed E-state index contributed by atoms with van der Waals surface area (Å²) in [7, 11) is 0. The van der Waals surface area contributed by atoms with E-state index in [4.69, 9.17) is 5.11 Å². The molecule has 3 aromatic rings. The van der Waals surface area contributed by atoms with Crippen LogP contribution in [0.5, 0.6) is 0 Å². The van der Waals surface area contributed by atoms with Crippen molar-refractivity contribution in [2.75, 3.05) is 0 Å². The first-order chi connectivity index (χ1) is 14.7. The van der Waals surface area contributed by atoms with E-state index in [1.54, 1.807) is 18.2 Å². The highest BCUT2D eigenvalue weighted by molar-refractivity contribution is 6.02. The Kier molecular flexibility index (Phi) is 6.68. The van der Waals surface area contributed by atoms with E-state index in [0.29, 0.717) is 0 Å². The van der Waals surface area contributed by atoms with Gasteiger partial charge in [0, 0.05) is 34.6 Å². The van der Waals surface area contributed by atoms with Gasteiger partial charge in [-0.3, -0.25) is 4.79 Å². The van der Waals surface area contributed by atoms with Crippen molar-refractivity contribution in [3.05, 3.63) is 66.1 Å². The number of rotatable bonds is 8. The van der Waals surface area contributed by atoms with E-state index >= 15 is 0 Å². The molecule has 3 N–H and O–H groups in total. The van der Waals surface area contributed by atoms with E-state index in [-0.39, 0.29) is 11.9 Å². The molecule has 0 radical (unpaired) electrons. The molecular formula is C24H24FNO5. The van der Waals surface area contributed by atoms with Gasteiger partial charge in [-0.1, -0.05) is 36.4 Å². The lowest BCUT2D eigenvalue weighted by molar-refractivity contribution is -0.152. The minimum absolute atomic E-state index is 0.0614. The fourth-order valence-electron chi connectivity index (χ4n) is 3.65. The molecule has 3 rings (SSSR count). The van der Waals surface area contributed by atoms with Gasteiger partial charge in [-0.25, -0.2) is 9.18 Å². The smallest absolute Gasteiger partial charge is 0.340 e. The summed E-state index contributed by atoms with van der Waals surface area (Å²) in [6.07, 6.45) is -0.908. The molecular weight excluding hydrogens is 401 g/mol. The number of carboxylic acids is 1. The molecule has 0 aliphatic carbocycles. The van der Waals surface area contributed by atoms with E-state index in [2.05, 4.69) is 4.57 Å². The van der Waals surface area contributed by atoms with E-state index < -0.39 is 30.4 Å². The number of nitrogens with zero attached hydrogens (tertiary/aromatic N) is 1. The summed E-state index contributed by atoms with van der Waals surface area (Å²) in [6.45, 7) is 4.03. The lowest BCUT2D eigenvalue weighted by Crippen LogP contribution is -2.31. The number of benzene rings is 2. The maximum atomic E-state index is 13.5. The van der Waals surface area contributed by atoms with Crippen molar-refractivity contribution >= 4 is 28.7 Å². The first kappa shape index (κ1) is 22.4. The molecule has 1 heterocycles. The SMILES string of the molecule is CC(C)n1c(C=C[C@H](O)CC(=O)C(O)C(=O)O)c(-c2ccc(F)cc2)c2ccccc21. The van der Waals surface area contributed by atoms with Crippen LogP contribution in [0.3, 0.4) is 0 Å². The zero-order valence-electron chi connectivity index (χ0n) is 17.2. The van der Waals surface area contributed by atoms with Crippen LogP contribution in [-0.4, -0.2) is 43.8 Å². The average Bonchev–Trinajstić information content (AvgIpc) is 3.06. The second-order valence-electron chi connectivity index (χ2n) is 7.59. The predicted molar refractivity (Wildman–Crippen MR) is 116 cm³/mol. The third kappa shape index (κ3) is 4.73. The van der Waals surface area contributed by atoms with Gasteiger partial charge in [0.25, 0.3) is 0 Å². The highest BCUT2D eigenvalue weighted by atomic mass is 19.1. The number of halogens is 1. The number of para-hydroxylation sites is 1. The number of carbonyl (C=O) groups is 2. The molecule has 0 aliphatic heterocycles. The van der Waals surface area contributed by atoms with E-state index in [0.717, 1.165) is 27.7 Å². The number of carbonyl (C=O) groups excluding carboxylic acids is 1. The molecule has 0 aliphatic rings. The van der Waals surface area contributed by atoms with Gasteiger partial charge in [0.1, 0.15) is 5.82 Å². The van der Waals surface area contributed by atoms with E-state index in [9.17, 15) is 24.2 Å². The normalized spacial score (nSPS) is 13.7. The van der Waals surface area contributed by atoms with Gasteiger partial charge in [-0.05, 0) is 43.7 Å². The van der Waals surface area contributed by atoms with Crippen LogP contribution in [0.4, 0.5) is 4.39 Å². The van der Waals surface area contributed by atoms with Gasteiger partial charge in [-0.15, -0.1) is 0 Å². The monoisotopic (exact) mass is 425 g/mol. The number of aliphatic hydroxyl groups excluding tert-OH is 2. The molecule has 7 heteroatoms. The van der Waals surface area contributed by atoms with Gasteiger partial charge < -0.3 is 19.9 Å². The largest absolute Gasteiger partial charge is 0.479 e. The second-order valence-corrected chi connectivity index (χ2v) is 7.59. The Morgan fingerprint density at radius 2 is 1.71 bits per heavy atom. The number of hydrogen-bond acceptors (Lipinski definition) is 4. The summed E-state index contributed by atoms with van der Waals surface area (Å²) in [4.78, 5) is 22.5. The molecule has 0 bridgehead atoms. The summed E-state index contributed by atoms with van der Waals surface area (Å²) in [6, 6.07) is 14.0. The lowest BCUT2D eigenvalue weighted by atomic mass is 10.0. The molecule has 6 nitrogen and oxygen atoms in total. The fourth-order valence-corrected chi connectivity index (χ4v) is 3.65. The second kappa shape index (κ2) is 9.24. The minimum atomic E-state index is -2.17. The Labute approximate surface area is 178 Å². The maximum absolute atomic E-state index is 13.5. The first-order valence-electron chi connectivity index (χ1n) is 9.89. The molecule has 0 spiro atoms. The van der Waals surface area contributed by atoms with E-state index in [1.165, 1.54) is 18.2 Å².